The largest absolute Gasteiger partial charge is 0.405 e. The number of rotatable bonds is 6. The molecule has 0 saturated carbocycles. The molecule has 0 aliphatic heterocycles. The minimum absolute atomic E-state index is 0.0143. The van der Waals surface area contributed by atoms with E-state index in [-0.39, 0.29) is 13.0 Å². The Labute approximate surface area is 96.9 Å². The molecule has 0 aromatic heterocycles. The van der Waals surface area contributed by atoms with Crippen LogP contribution in [0, 0.1) is 0 Å². The van der Waals surface area contributed by atoms with E-state index in [0.717, 1.165) is 0 Å². The van der Waals surface area contributed by atoms with Crippen molar-refractivity contribution in [3.8, 4) is 0 Å². The van der Waals surface area contributed by atoms with E-state index < -0.39 is 30.1 Å². The van der Waals surface area contributed by atoms with Crippen molar-refractivity contribution >= 4 is 11.8 Å². The molecule has 0 rings (SSSR count). The van der Waals surface area contributed by atoms with Gasteiger partial charge in [-0.05, 0) is 13.8 Å². The standard InChI is InChI=1S/C9H16F3N3O2/c1-8(2,3-6(13)16)15-4-7(17)14-5-9(10,11)12/h15H,3-5H2,1-2H3,(H2,13,16)(H,14,17). The van der Waals surface area contributed by atoms with E-state index >= 15 is 0 Å². The van der Waals surface area contributed by atoms with Gasteiger partial charge >= 0.3 is 6.18 Å². The highest BCUT2D eigenvalue weighted by Gasteiger charge is 2.28. The first kappa shape index (κ1) is 15.7. The topological polar surface area (TPSA) is 84.2 Å². The zero-order valence-electron chi connectivity index (χ0n) is 9.65. The highest BCUT2D eigenvalue weighted by Crippen LogP contribution is 2.12. The SMILES string of the molecule is CC(C)(CC(N)=O)NCC(=O)NCC(F)(F)F. The fourth-order valence-electron chi connectivity index (χ4n) is 1.08. The maximum Gasteiger partial charge on any atom is 0.405 e. The van der Waals surface area contributed by atoms with Crippen LogP contribution in [0.2, 0.25) is 0 Å². The fourth-order valence-corrected chi connectivity index (χ4v) is 1.08. The molecule has 0 aliphatic rings. The second kappa shape index (κ2) is 5.85. The second-order valence-corrected chi connectivity index (χ2v) is 4.27. The van der Waals surface area contributed by atoms with Crippen LogP contribution in [0.5, 0.6) is 0 Å². The first-order valence-corrected chi connectivity index (χ1v) is 4.89. The lowest BCUT2D eigenvalue weighted by Crippen LogP contribution is -2.48. The number of primary amides is 1. The Hall–Kier alpha value is -1.31. The van der Waals surface area contributed by atoms with E-state index in [1.807, 2.05) is 0 Å². The predicted molar refractivity (Wildman–Crippen MR) is 55.0 cm³/mol. The molecule has 0 fully saturated rings. The smallest absolute Gasteiger partial charge is 0.370 e. The van der Waals surface area contributed by atoms with E-state index in [9.17, 15) is 22.8 Å². The van der Waals surface area contributed by atoms with Gasteiger partial charge in [0.05, 0.1) is 6.54 Å². The predicted octanol–water partition coefficient (Wildman–Crippen LogP) is -0.0915. The number of nitrogens with two attached hydrogens (primary N) is 1. The zero-order chi connectivity index (χ0) is 13.7. The molecule has 100 valence electrons. The van der Waals surface area contributed by atoms with Crippen LogP contribution < -0.4 is 16.4 Å². The molecule has 0 bridgehead atoms. The van der Waals surface area contributed by atoms with Gasteiger partial charge in [-0.15, -0.1) is 0 Å². The first-order valence-electron chi connectivity index (χ1n) is 4.89. The van der Waals surface area contributed by atoms with E-state index in [1.165, 1.54) is 0 Å². The molecule has 0 atom stereocenters. The van der Waals surface area contributed by atoms with Crippen LogP contribution in [0.1, 0.15) is 20.3 Å². The average molecular weight is 255 g/mol. The van der Waals surface area contributed by atoms with Gasteiger partial charge in [0, 0.05) is 12.0 Å². The molecule has 0 aromatic carbocycles. The van der Waals surface area contributed by atoms with Crippen LogP contribution in [0.15, 0.2) is 0 Å². The lowest BCUT2D eigenvalue weighted by Gasteiger charge is -2.24. The number of alkyl halides is 3. The summed E-state index contributed by atoms with van der Waals surface area (Å²) in [5.41, 5.74) is 4.24. The molecule has 5 nitrogen and oxygen atoms in total. The van der Waals surface area contributed by atoms with Crippen molar-refractivity contribution in [1.82, 2.24) is 10.6 Å². The summed E-state index contributed by atoms with van der Waals surface area (Å²) in [4.78, 5) is 21.7. The summed E-state index contributed by atoms with van der Waals surface area (Å²) in [7, 11) is 0. The first-order chi connectivity index (χ1) is 7.52. The summed E-state index contributed by atoms with van der Waals surface area (Å²) in [5, 5.41) is 4.35. The third-order valence-corrected chi connectivity index (χ3v) is 1.83. The van der Waals surface area contributed by atoms with Crippen molar-refractivity contribution in [2.24, 2.45) is 5.73 Å². The third kappa shape index (κ3) is 9.61. The van der Waals surface area contributed by atoms with Crippen molar-refractivity contribution in [3.05, 3.63) is 0 Å². The molecule has 4 N–H and O–H groups in total. The van der Waals surface area contributed by atoms with Crippen molar-refractivity contribution < 1.29 is 22.8 Å². The Morgan fingerprint density at radius 1 is 1.24 bits per heavy atom. The quantitative estimate of drug-likeness (QED) is 0.620. The molecule has 0 heterocycles. The molecule has 0 unspecified atom stereocenters. The number of halogens is 3. The summed E-state index contributed by atoms with van der Waals surface area (Å²) >= 11 is 0. The monoisotopic (exact) mass is 255 g/mol. The molecule has 0 aromatic rings. The summed E-state index contributed by atoms with van der Waals surface area (Å²) in [6.07, 6.45) is -4.45. The van der Waals surface area contributed by atoms with E-state index in [1.54, 1.807) is 19.2 Å². The average Bonchev–Trinajstić information content (AvgIpc) is 2.08. The second-order valence-electron chi connectivity index (χ2n) is 4.27. The molecule has 0 radical (unpaired) electrons. The number of hydrogen-bond acceptors (Lipinski definition) is 3. The number of carbonyl (C=O) groups is 2. The molecular formula is C9H16F3N3O2. The Morgan fingerprint density at radius 3 is 2.18 bits per heavy atom. The van der Waals surface area contributed by atoms with Crippen LogP contribution in [0.25, 0.3) is 0 Å². The van der Waals surface area contributed by atoms with E-state index in [2.05, 4.69) is 5.32 Å². The maximum atomic E-state index is 11.8. The normalized spacial score (nSPS) is 12.3. The lowest BCUT2D eigenvalue weighted by atomic mass is 10.0. The van der Waals surface area contributed by atoms with Crippen LogP contribution in [0.3, 0.4) is 0 Å². The summed E-state index contributed by atoms with van der Waals surface area (Å²) in [6, 6.07) is 0. The summed E-state index contributed by atoms with van der Waals surface area (Å²) < 4.78 is 35.3. The highest BCUT2D eigenvalue weighted by atomic mass is 19.4. The van der Waals surface area contributed by atoms with Gasteiger partial charge in [0.1, 0.15) is 6.54 Å². The summed E-state index contributed by atoms with van der Waals surface area (Å²) in [6.45, 7) is 1.56. The third-order valence-electron chi connectivity index (χ3n) is 1.83. The van der Waals surface area contributed by atoms with Gasteiger partial charge < -0.3 is 16.4 Å². The van der Waals surface area contributed by atoms with E-state index in [0.29, 0.717) is 0 Å². The van der Waals surface area contributed by atoms with Crippen LogP contribution in [-0.4, -0.2) is 36.6 Å². The molecule has 0 saturated heterocycles. The molecule has 2 amide bonds. The van der Waals surface area contributed by atoms with Crippen LogP contribution >= 0.6 is 0 Å². The Kier molecular flexibility index (Phi) is 5.40. The number of nitrogens with one attached hydrogen (secondary N) is 2. The zero-order valence-corrected chi connectivity index (χ0v) is 9.65. The van der Waals surface area contributed by atoms with Crippen LogP contribution in [0.4, 0.5) is 13.2 Å². The number of hydrogen-bond donors (Lipinski definition) is 3. The highest BCUT2D eigenvalue weighted by molar-refractivity contribution is 5.78. The lowest BCUT2D eigenvalue weighted by molar-refractivity contribution is -0.138. The molecule has 17 heavy (non-hydrogen) atoms. The molecule has 0 spiro atoms. The summed E-state index contributed by atoms with van der Waals surface area (Å²) in [5.74, 6) is -1.35. The Morgan fingerprint density at radius 2 is 1.76 bits per heavy atom. The van der Waals surface area contributed by atoms with Gasteiger partial charge in [-0.3, -0.25) is 9.59 Å². The number of carbonyl (C=O) groups excluding carboxylic acids is 2. The van der Waals surface area contributed by atoms with Crippen molar-refractivity contribution in [1.29, 1.82) is 0 Å². The van der Waals surface area contributed by atoms with Gasteiger partial charge in [-0.2, -0.15) is 13.2 Å². The Bertz CT molecular complexity index is 290. The van der Waals surface area contributed by atoms with Crippen molar-refractivity contribution in [3.63, 3.8) is 0 Å². The van der Waals surface area contributed by atoms with Crippen molar-refractivity contribution in [2.75, 3.05) is 13.1 Å². The van der Waals surface area contributed by atoms with Crippen molar-refractivity contribution in [2.45, 2.75) is 32.0 Å². The minimum atomic E-state index is -4.43. The molecule has 8 heteroatoms. The molecular weight excluding hydrogens is 239 g/mol. The van der Waals surface area contributed by atoms with Gasteiger partial charge in [0.2, 0.25) is 11.8 Å². The minimum Gasteiger partial charge on any atom is -0.370 e. The van der Waals surface area contributed by atoms with Gasteiger partial charge in [0.25, 0.3) is 0 Å². The van der Waals surface area contributed by atoms with Gasteiger partial charge in [-0.1, -0.05) is 0 Å². The molecule has 0 aliphatic carbocycles. The van der Waals surface area contributed by atoms with Gasteiger partial charge in [0.15, 0.2) is 0 Å². The Balaban J connectivity index is 3.95. The number of amides is 2. The fraction of sp³-hybridized carbons (Fsp3) is 0.778. The maximum absolute atomic E-state index is 11.8. The van der Waals surface area contributed by atoms with Crippen LogP contribution in [-0.2, 0) is 9.59 Å². The van der Waals surface area contributed by atoms with Gasteiger partial charge in [-0.25, -0.2) is 0 Å². The van der Waals surface area contributed by atoms with E-state index in [4.69, 9.17) is 5.73 Å².